The molecule has 1 heterocycles. The van der Waals surface area contributed by atoms with Crippen LogP contribution in [0.2, 0.25) is 0 Å². The molecule has 118 valence electrons. The van der Waals surface area contributed by atoms with Gasteiger partial charge in [-0.05, 0) is 39.7 Å². The number of sulfonamides is 1. The lowest BCUT2D eigenvalue weighted by atomic mass is 10.0. The molecule has 1 amide bonds. The Morgan fingerprint density at radius 3 is 2.43 bits per heavy atom. The monoisotopic (exact) mass is 313 g/mol. The number of aromatic nitrogens is 1. The van der Waals surface area contributed by atoms with E-state index in [4.69, 9.17) is 5.14 Å². The van der Waals surface area contributed by atoms with Crippen molar-refractivity contribution in [3.63, 3.8) is 0 Å². The third-order valence-electron chi connectivity index (χ3n) is 4.06. The van der Waals surface area contributed by atoms with E-state index in [9.17, 15) is 13.2 Å². The van der Waals surface area contributed by atoms with Gasteiger partial charge in [0.2, 0.25) is 10.0 Å². The van der Waals surface area contributed by atoms with E-state index in [2.05, 4.69) is 5.32 Å². The molecular weight excluding hydrogens is 290 g/mol. The van der Waals surface area contributed by atoms with Crippen LogP contribution in [0.25, 0.3) is 0 Å². The molecule has 0 radical (unpaired) electrons. The van der Waals surface area contributed by atoms with Crippen molar-refractivity contribution >= 4 is 15.9 Å². The van der Waals surface area contributed by atoms with E-state index >= 15 is 0 Å². The third kappa shape index (κ3) is 3.47. The smallest absolute Gasteiger partial charge is 0.268 e. The molecule has 1 aromatic heterocycles. The number of hydrogen-bond acceptors (Lipinski definition) is 3. The molecule has 6 nitrogen and oxygen atoms in total. The average Bonchev–Trinajstić information content (AvgIpc) is 2.94. The van der Waals surface area contributed by atoms with Gasteiger partial charge in [0.05, 0.1) is 0 Å². The Bertz CT molecular complexity index is 640. The van der Waals surface area contributed by atoms with Gasteiger partial charge in [-0.2, -0.15) is 0 Å². The summed E-state index contributed by atoms with van der Waals surface area (Å²) in [5.41, 5.74) is 0.132. The molecule has 1 fully saturated rings. The van der Waals surface area contributed by atoms with Crippen LogP contribution in [-0.4, -0.2) is 24.4 Å². The Kier molecular flexibility index (Phi) is 4.17. The van der Waals surface area contributed by atoms with E-state index in [1.165, 1.54) is 12.3 Å². The zero-order chi connectivity index (χ0) is 15.8. The van der Waals surface area contributed by atoms with Crippen molar-refractivity contribution in [1.29, 1.82) is 0 Å². The van der Waals surface area contributed by atoms with Crippen molar-refractivity contribution in [2.24, 2.45) is 5.14 Å². The lowest BCUT2D eigenvalue weighted by Gasteiger charge is -2.26. The fraction of sp³-hybridized carbons (Fsp3) is 0.643. The Balaban J connectivity index is 2.33. The van der Waals surface area contributed by atoms with Crippen molar-refractivity contribution in [1.82, 2.24) is 9.88 Å². The molecule has 1 aliphatic carbocycles. The number of carbonyl (C=O) groups is 1. The first-order valence-corrected chi connectivity index (χ1v) is 8.74. The molecule has 1 saturated carbocycles. The first-order valence-electron chi connectivity index (χ1n) is 7.20. The molecule has 1 aromatic rings. The molecular formula is C14H23N3O3S. The van der Waals surface area contributed by atoms with Gasteiger partial charge < -0.3 is 9.88 Å². The van der Waals surface area contributed by atoms with Crippen molar-refractivity contribution in [2.75, 3.05) is 0 Å². The maximum atomic E-state index is 12.5. The summed E-state index contributed by atoms with van der Waals surface area (Å²) >= 11 is 0. The highest BCUT2D eigenvalue weighted by atomic mass is 32.2. The molecule has 3 N–H and O–H groups in total. The average molecular weight is 313 g/mol. The van der Waals surface area contributed by atoms with Crippen LogP contribution in [0.3, 0.4) is 0 Å². The van der Waals surface area contributed by atoms with Crippen LogP contribution >= 0.6 is 0 Å². The number of nitrogens with one attached hydrogen (secondary N) is 1. The Hall–Kier alpha value is -1.34. The molecule has 0 atom stereocenters. The largest absolute Gasteiger partial charge is 0.346 e. The predicted octanol–water partition coefficient (Wildman–Crippen LogP) is 1.78. The van der Waals surface area contributed by atoms with Crippen LogP contribution in [-0.2, 0) is 10.0 Å². The normalized spacial score (nSPS) is 18.1. The van der Waals surface area contributed by atoms with Gasteiger partial charge in [0.1, 0.15) is 10.6 Å². The van der Waals surface area contributed by atoms with Crippen molar-refractivity contribution in [3.05, 3.63) is 18.0 Å². The molecule has 21 heavy (non-hydrogen) atoms. The SMILES string of the molecule is CC(C)n1cc(S(N)(=O)=O)cc1C(=O)NC1(C)CCCC1. The molecule has 1 aliphatic rings. The second kappa shape index (κ2) is 5.46. The van der Waals surface area contributed by atoms with Gasteiger partial charge in [-0.3, -0.25) is 4.79 Å². The highest BCUT2D eigenvalue weighted by molar-refractivity contribution is 7.89. The molecule has 0 aliphatic heterocycles. The minimum Gasteiger partial charge on any atom is -0.346 e. The summed E-state index contributed by atoms with van der Waals surface area (Å²) in [6.07, 6.45) is 5.52. The van der Waals surface area contributed by atoms with Gasteiger partial charge in [0.15, 0.2) is 0 Å². The lowest BCUT2D eigenvalue weighted by molar-refractivity contribution is 0.0897. The standard InChI is InChI=1S/C14H23N3O3S/c1-10(2)17-9-11(21(15,19)20)8-12(17)13(18)16-14(3)6-4-5-7-14/h8-10H,4-7H2,1-3H3,(H,16,18)(H2,15,19,20). The van der Waals surface area contributed by atoms with Gasteiger partial charge in [0.25, 0.3) is 5.91 Å². The van der Waals surface area contributed by atoms with Crippen molar-refractivity contribution < 1.29 is 13.2 Å². The minimum atomic E-state index is -3.81. The second-order valence-corrected chi connectivity index (χ2v) is 7.89. The number of amides is 1. The molecule has 0 aromatic carbocycles. The van der Waals surface area contributed by atoms with Crippen LogP contribution < -0.4 is 10.5 Å². The third-order valence-corrected chi connectivity index (χ3v) is 4.94. The van der Waals surface area contributed by atoms with Gasteiger partial charge in [0, 0.05) is 17.8 Å². The van der Waals surface area contributed by atoms with E-state index < -0.39 is 10.0 Å². The summed E-state index contributed by atoms with van der Waals surface area (Å²) in [6, 6.07) is 1.32. The maximum Gasteiger partial charge on any atom is 0.268 e. The molecule has 0 spiro atoms. The summed E-state index contributed by atoms with van der Waals surface area (Å²) in [4.78, 5) is 12.5. The Labute approximate surface area is 125 Å². The summed E-state index contributed by atoms with van der Waals surface area (Å²) in [5, 5.41) is 8.19. The van der Waals surface area contributed by atoms with Crippen LogP contribution in [0.5, 0.6) is 0 Å². The number of nitrogens with two attached hydrogens (primary N) is 1. The van der Waals surface area contributed by atoms with Crippen LogP contribution in [0.15, 0.2) is 17.2 Å². The van der Waals surface area contributed by atoms with Gasteiger partial charge in [-0.25, -0.2) is 13.6 Å². The number of primary sulfonamides is 1. The number of rotatable bonds is 4. The first-order chi connectivity index (χ1) is 9.62. The minimum absolute atomic E-state index is 0.0297. The molecule has 0 bridgehead atoms. The van der Waals surface area contributed by atoms with E-state index in [1.807, 2.05) is 20.8 Å². The van der Waals surface area contributed by atoms with Crippen LogP contribution in [0.1, 0.15) is 63.0 Å². The van der Waals surface area contributed by atoms with Crippen molar-refractivity contribution in [3.8, 4) is 0 Å². The summed E-state index contributed by atoms with van der Waals surface area (Å²) in [7, 11) is -3.81. The summed E-state index contributed by atoms with van der Waals surface area (Å²) in [6.45, 7) is 5.81. The Morgan fingerprint density at radius 2 is 1.95 bits per heavy atom. The second-order valence-electron chi connectivity index (χ2n) is 6.33. The number of carbonyl (C=O) groups excluding carboxylic acids is 1. The van der Waals surface area contributed by atoms with Gasteiger partial charge >= 0.3 is 0 Å². The zero-order valence-electron chi connectivity index (χ0n) is 12.7. The summed E-state index contributed by atoms with van der Waals surface area (Å²) in [5.74, 6) is -0.247. The topological polar surface area (TPSA) is 94.2 Å². The van der Waals surface area contributed by atoms with Gasteiger partial charge in [-0.1, -0.05) is 12.8 Å². The zero-order valence-corrected chi connectivity index (χ0v) is 13.5. The molecule has 0 unspecified atom stereocenters. The quantitative estimate of drug-likeness (QED) is 0.887. The number of hydrogen-bond donors (Lipinski definition) is 2. The van der Waals surface area contributed by atoms with E-state index in [0.717, 1.165) is 25.7 Å². The predicted molar refractivity (Wildman–Crippen MR) is 80.5 cm³/mol. The summed E-state index contributed by atoms with van der Waals surface area (Å²) < 4.78 is 24.6. The lowest BCUT2D eigenvalue weighted by Crippen LogP contribution is -2.44. The molecule has 2 rings (SSSR count). The highest BCUT2D eigenvalue weighted by Gasteiger charge is 2.32. The van der Waals surface area contributed by atoms with Crippen molar-refractivity contribution in [2.45, 2.75) is 62.9 Å². The van der Waals surface area contributed by atoms with E-state index in [0.29, 0.717) is 5.69 Å². The van der Waals surface area contributed by atoms with E-state index in [1.54, 1.807) is 4.57 Å². The van der Waals surface area contributed by atoms with Gasteiger partial charge in [-0.15, -0.1) is 0 Å². The molecule has 0 saturated heterocycles. The van der Waals surface area contributed by atoms with Crippen LogP contribution in [0, 0.1) is 0 Å². The molecule has 7 heteroatoms. The first kappa shape index (κ1) is 16.0. The number of nitrogens with zero attached hydrogens (tertiary/aromatic N) is 1. The Morgan fingerprint density at radius 1 is 1.38 bits per heavy atom. The fourth-order valence-electron chi connectivity index (χ4n) is 2.84. The van der Waals surface area contributed by atoms with Crippen LogP contribution in [0.4, 0.5) is 0 Å². The highest BCUT2D eigenvalue weighted by Crippen LogP contribution is 2.29. The maximum absolute atomic E-state index is 12.5. The van der Waals surface area contributed by atoms with E-state index in [-0.39, 0.29) is 22.4 Å². The fourth-order valence-corrected chi connectivity index (χ4v) is 3.37.